The third kappa shape index (κ3) is 5.57. The number of nitrogens with zero attached hydrogens (tertiary/aromatic N) is 1. The van der Waals surface area contributed by atoms with Crippen LogP contribution in [0.25, 0.3) is 0 Å². The van der Waals surface area contributed by atoms with Crippen molar-refractivity contribution in [3.05, 3.63) is 42.1 Å². The molecule has 9 nitrogen and oxygen atoms in total. The lowest BCUT2D eigenvalue weighted by molar-refractivity contribution is -0.0500. The van der Waals surface area contributed by atoms with Gasteiger partial charge in [-0.2, -0.15) is 21.6 Å². The highest BCUT2D eigenvalue weighted by atomic mass is 32.2. The lowest BCUT2D eigenvalue weighted by atomic mass is 10.2. The number of halogens is 3. The first-order valence-corrected chi connectivity index (χ1v) is 10.6. The molecule has 0 amide bonds. The summed E-state index contributed by atoms with van der Waals surface area (Å²) in [5, 5.41) is -0.256. The fraction of sp³-hybridized carbons (Fsp3) is 0.200. The van der Waals surface area contributed by atoms with Crippen LogP contribution < -0.4 is 8.92 Å². The maximum Gasteiger partial charge on any atom is 0.534 e. The summed E-state index contributed by atoms with van der Waals surface area (Å²) in [5.41, 5.74) is -6.06. The Balaban J connectivity index is 2.42. The van der Waals surface area contributed by atoms with Crippen LogP contribution in [0.15, 0.2) is 41.6 Å². The maximum atomic E-state index is 12.5. The van der Waals surface area contributed by atoms with Crippen LogP contribution in [0.5, 0.6) is 17.2 Å². The molecule has 0 N–H and O–H groups in total. The molecular weight excluding hydrogens is 443 g/mol. The van der Waals surface area contributed by atoms with E-state index in [1.54, 1.807) is 0 Å². The minimum Gasteiger partial charge on any atom is -0.465 e. The van der Waals surface area contributed by atoms with Crippen molar-refractivity contribution in [2.24, 2.45) is 0 Å². The number of benzene rings is 1. The molecule has 14 heteroatoms. The van der Waals surface area contributed by atoms with Gasteiger partial charge in [0.25, 0.3) is 0 Å². The highest BCUT2D eigenvalue weighted by Crippen LogP contribution is 2.32. The SMILES string of the molecule is COC(=O)c1cc(Oc2ccc(S(C)(=O)=O)nc2)cc(OS(=O)(=O)C(F)(F)F)c1. The molecule has 0 bridgehead atoms. The average molecular weight is 455 g/mol. The van der Waals surface area contributed by atoms with Crippen LogP contribution >= 0.6 is 0 Å². The monoisotopic (exact) mass is 455 g/mol. The zero-order valence-corrected chi connectivity index (χ0v) is 16.3. The fourth-order valence-corrected chi connectivity index (χ4v) is 2.87. The second kappa shape index (κ2) is 7.87. The Kier molecular flexibility index (Phi) is 6.08. The van der Waals surface area contributed by atoms with Crippen LogP contribution in [0.3, 0.4) is 0 Å². The number of methoxy groups -OCH3 is 1. The average Bonchev–Trinajstić information content (AvgIpc) is 2.59. The van der Waals surface area contributed by atoms with Crippen molar-refractivity contribution >= 4 is 25.9 Å². The first-order valence-electron chi connectivity index (χ1n) is 7.31. The van der Waals surface area contributed by atoms with Gasteiger partial charge in [-0.1, -0.05) is 0 Å². The van der Waals surface area contributed by atoms with Crippen molar-refractivity contribution in [1.82, 2.24) is 4.98 Å². The minimum atomic E-state index is -6.00. The molecule has 0 aliphatic carbocycles. The Morgan fingerprint density at radius 3 is 2.10 bits per heavy atom. The fourth-order valence-electron chi connectivity index (χ4n) is 1.87. The van der Waals surface area contributed by atoms with E-state index in [4.69, 9.17) is 4.74 Å². The Hall–Kier alpha value is -2.87. The molecule has 0 fully saturated rings. The molecule has 1 heterocycles. The second-order valence-electron chi connectivity index (χ2n) is 5.37. The minimum absolute atomic E-state index is 0.0518. The van der Waals surface area contributed by atoms with Crippen molar-refractivity contribution in [2.45, 2.75) is 10.5 Å². The van der Waals surface area contributed by atoms with Gasteiger partial charge < -0.3 is 13.7 Å². The van der Waals surface area contributed by atoms with Gasteiger partial charge >= 0.3 is 21.6 Å². The van der Waals surface area contributed by atoms with E-state index < -0.39 is 37.2 Å². The summed E-state index contributed by atoms with van der Waals surface area (Å²) >= 11 is 0. The lowest BCUT2D eigenvalue weighted by Crippen LogP contribution is -2.28. The summed E-state index contributed by atoms with van der Waals surface area (Å²) in [6, 6.07) is 4.85. The molecule has 1 aromatic carbocycles. The number of esters is 1. The van der Waals surface area contributed by atoms with E-state index >= 15 is 0 Å². The Morgan fingerprint density at radius 2 is 1.62 bits per heavy atom. The number of pyridine rings is 1. The molecular formula is C15H12F3NO8S2. The molecule has 0 atom stereocenters. The first-order chi connectivity index (χ1) is 13.2. The molecule has 2 aromatic rings. The van der Waals surface area contributed by atoms with Crippen molar-refractivity contribution in [1.29, 1.82) is 0 Å². The first kappa shape index (κ1) is 22.4. The van der Waals surface area contributed by atoms with Crippen LogP contribution in [0.4, 0.5) is 13.2 Å². The number of hydrogen-bond acceptors (Lipinski definition) is 9. The number of aromatic nitrogens is 1. The van der Waals surface area contributed by atoms with E-state index in [0.29, 0.717) is 6.07 Å². The van der Waals surface area contributed by atoms with E-state index in [1.807, 2.05) is 0 Å². The number of sulfone groups is 1. The molecule has 0 saturated heterocycles. The van der Waals surface area contributed by atoms with Gasteiger partial charge in [0.2, 0.25) is 0 Å². The molecule has 0 unspecified atom stereocenters. The second-order valence-corrected chi connectivity index (χ2v) is 8.87. The van der Waals surface area contributed by atoms with E-state index in [-0.39, 0.29) is 22.1 Å². The topological polar surface area (TPSA) is 126 Å². The Bertz CT molecular complexity index is 1130. The molecule has 0 aliphatic heterocycles. The maximum absolute atomic E-state index is 12.5. The van der Waals surface area contributed by atoms with Crippen molar-refractivity contribution in [3.63, 3.8) is 0 Å². The van der Waals surface area contributed by atoms with Gasteiger partial charge in [0.05, 0.1) is 18.9 Å². The largest absolute Gasteiger partial charge is 0.534 e. The summed E-state index contributed by atoms with van der Waals surface area (Å²) < 4.78 is 96.5. The smallest absolute Gasteiger partial charge is 0.465 e. The number of alkyl halides is 3. The van der Waals surface area contributed by atoms with Crippen LogP contribution in [0, 0.1) is 0 Å². The van der Waals surface area contributed by atoms with E-state index in [0.717, 1.165) is 37.8 Å². The van der Waals surface area contributed by atoms with E-state index in [2.05, 4.69) is 13.9 Å². The predicted molar refractivity (Wildman–Crippen MR) is 90.8 cm³/mol. The highest BCUT2D eigenvalue weighted by Gasteiger charge is 2.48. The number of rotatable bonds is 6. The molecule has 158 valence electrons. The molecule has 2 rings (SSSR count). The number of hydrogen-bond donors (Lipinski definition) is 0. The van der Waals surface area contributed by atoms with Crippen molar-refractivity contribution < 1.29 is 48.5 Å². The summed E-state index contributed by atoms with van der Waals surface area (Å²) in [6.07, 6.45) is 1.94. The van der Waals surface area contributed by atoms with Gasteiger partial charge in [0.15, 0.2) is 14.9 Å². The summed E-state index contributed by atoms with van der Waals surface area (Å²) in [4.78, 5) is 15.4. The third-order valence-electron chi connectivity index (χ3n) is 3.12. The third-order valence-corrected chi connectivity index (χ3v) is 5.10. The van der Waals surface area contributed by atoms with E-state index in [9.17, 15) is 34.8 Å². The molecule has 29 heavy (non-hydrogen) atoms. The summed E-state index contributed by atoms with van der Waals surface area (Å²) in [5.74, 6) is -2.21. The zero-order valence-electron chi connectivity index (χ0n) is 14.6. The lowest BCUT2D eigenvalue weighted by Gasteiger charge is -2.12. The van der Waals surface area contributed by atoms with Crippen LogP contribution in [0.2, 0.25) is 0 Å². The van der Waals surface area contributed by atoms with Crippen LogP contribution in [0.1, 0.15) is 10.4 Å². The van der Waals surface area contributed by atoms with Gasteiger partial charge in [-0.3, -0.25) is 0 Å². The number of ether oxygens (including phenoxy) is 2. The Morgan fingerprint density at radius 1 is 1.00 bits per heavy atom. The number of carbonyl (C=O) groups excluding carboxylic acids is 1. The van der Waals surface area contributed by atoms with Crippen molar-refractivity contribution in [2.75, 3.05) is 13.4 Å². The van der Waals surface area contributed by atoms with Gasteiger partial charge in [-0.05, 0) is 24.3 Å². The Labute approximate surface area is 163 Å². The van der Waals surface area contributed by atoms with Crippen molar-refractivity contribution in [3.8, 4) is 17.2 Å². The zero-order chi connectivity index (χ0) is 22.0. The molecule has 0 spiro atoms. The normalized spacial score (nSPS) is 12.3. The number of carbonyl (C=O) groups is 1. The summed E-state index contributed by atoms with van der Waals surface area (Å²) in [6.45, 7) is 0. The summed E-state index contributed by atoms with van der Waals surface area (Å²) in [7, 11) is -8.58. The van der Waals surface area contributed by atoms with E-state index in [1.165, 1.54) is 6.07 Å². The predicted octanol–water partition coefficient (Wildman–Crippen LogP) is 2.29. The van der Waals surface area contributed by atoms with Gasteiger partial charge in [-0.25, -0.2) is 18.2 Å². The molecule has 0 radical (unpaired) electrons. The standard InChI is InChI=1S/C15H12F3NO8S2/c1-25-14(20)9-5-11(7-12(6-9)27-29(23,24)15(16,17)18)26-10-3-4-13(19-8-10)28(2,21)22/h3-8H,1-2H3. The quantitative estimate of drug-likeness (QED) is 0.366. The molecule has 0 aliphatic rings. The van der Waals surface area contributed by atoms with Gasteiger partial charge in [0, 0.05) is 12.3 Å². The van der Waals surface area contributed by atoms with Crippen LogP contribution in [-0.4, -0.2) is 46.7 Å². The van der Waals surface area contributed by atoms with Gasteiger partial charge in [0.1, 0.15) is 17.2 Å². The van der Waals surface area contributed by atoms with Crippen LogP contribution in [-0.2, 0) is 24.7 Å². The molecule has 1 aromatic heterocycles. The molecule has 0 saturated carbocycles. The van der Waals surface area contributed by atoms with Gasteiger partial charge in [-0.15, -0.1) is 0 Å². The highest BCUT2D eigenvalue weighted by molar-refractivity contribution is 7.90.